The molecule has 2 aromatic rings. The molecule has 0 aliphatic heterocycles. The lowest BCUT2D eigenvalue weighted by molar-refractivity contribution is 0.483. The van der Waals surface area contributed by atoms with Crippen LogP contribution >= 0.6 is 11.3 Å². The van der Waals surface area contributed by atoms with Crippen LogP contribution in [0.1, 0.15) is 5.56 Å². The van der Waals surface area contributed by atoms with Crippen molar-refractivity contribution in [3.05, 3.63) is 41.3 Å². The van der Waals surface area contributed by atoms with Crippen LogP contribution in [0.2, 0.25) is 0 Å². The van der Waals surface area contributed by atoms with E-state index in [1.54, 1.807) is 12.1 Å². The first-order chi connectivity index (χ1) is 7.48. The lowest BCUT2D eigenvalue weighted by Gasteiger charge is -2.06. The second-order valence-corrected chi connectivity index (χ2v) is 5.79. The Hall–Kier alpha value is -1.17. The minimum Gasteiger partial charge on any atom is -0.282 e. The van der Waals surface area contributed by atoms with E-state index in [2.05, 4.69) is 0 Å². The molecule has 0 aliphatic carbocycles. The summed E-state index contributed by atoms with van der Waals surface area (Å²) in [5, 5.41) is 1.87. The van der Waals surface area contributed by atoms with Crippen LogP contribution in [0, 0.1) is 6.92 Å². The molecule has 5 heteroatoms. The molecule has 1 heterocycles. The van der Waals surface area contributed by atoms with Crippen LogP contribution in [0.4, 0.5) is 0 Å². The van der Waals surface area contributed by atoms with E-state index in [4.69, 9.17) is 4.55 Å². The molecule has 0 amide bonds. The van der Waals surface area contributed by atoms with Crippen LogP contribution in [-0.2, 0) is 10.1 Å². The van der Waals surface area contributed by atoms with Crippen LogP contribution < -0.4 is 0 Å². The average molecular weight is 254 g/mol. The Morgan fingerprint density at radius 3 is 2.56 bits per heavy atom. The van der Waals surface area contributed by atoms with Gasteiger partial charge < -0.3 is 0 Å². The van der Waals surface area contributed by atoms with Gasteiger partial charge >= 0.3 is 0 Å². The fourth-order valence-electron chi connectivity index (χ4n) is 1.49. The number of hydrogen-bond donors (Lipinski definition) is 1. The molecule has 1 aromatic carbocycles. The molecule has 84 valence electrons. The van der Waals surface area contributed by atoms with Gasteiger partial charge in [-0.25, -0.2) is 0 Å². The maximum atomic E-state index is 11.2. The van der Waals surface area contributed by atoms with Crippen molar-refractivity contribution >= 4 is 21.5 Å². The van der Waals surface area contributed by atoms with E-state index in [9.17, 15) is 8.42 Å². The van der Waals surface area contributed by atoms with Crippen molar-refractivity contribution in [2.75, 3.05) is 0 Å². The Labute approximate surface area is 98.1 Å². The predicted octanol–water partition coefficient (Wildman–Crippen LogP) is 2.97. The highest BCUT2D eigenvalue weighted by molar-refractivity contribution is 7.86. The molecular formula is C11H10O3S2. The highest BCUT2D eigenvalue weighted by Crippen LogP contribution is 2.31. The average Bonchev–Trinajstić information content (AvgIpc) is 2.68. The smallest absolute Gasteiger partial charge is 0.282 e. The lowest BCUT2D eigenvalue weighted by Crippen LogP contribution is -2.00. The van der Waals surface area contributed by atoms with Crippen molar-refractivity contribution in [1.29, 1.82) is 0 Å². The highest BCUT2D eigenvalue weighted by atomic mass is 32.2. The fourth-order valence-corrected chi connectivity index (χ4v) is 3.00. The summed E-state index contributed by atoms with van der Waals surface area (Å²) in [4.78, 5) is 0.789. The molecule has 0 saturated heterocycles. The van der Waals surface area contributed by atoms with Crippen LogP contribution in [0.15, 0.2) is 40.6 Å². The maximum absolute atomic E-state index is 11.2. The van der Waals surface area contributed by atoms with Crippen LogP contribution in [0.3, 0.4) is 0 Å². The fraction of sp³-hybridized carbons (Fsp3) is 0.0909. The molecule has 0 bridgehead atoms. The van der Waals surface area contributed by atoms with E-state index in [0.717, 1.165) is 10.4 Å². The van der Waals surface area contributed by atoms with Gasteiger partial charge in [0.05, 0.1) is 0 Å². The van der Waals surface area contributed by atoms with Crippen molar-refractivity contribution in [3.8, 4) is 10.4 Å². The van der Waals surface area contributed by atoms with Gasteiger partial charge in [0.25, 0.3) is 10.1 Å². The summed E-state index contributed by atoms with van der Waals surface area (Å²) in [7, 11) is -4.17. The minimum absolute atomic E-state index is 0.0412. The molecule has 0 saturated carbocycles. The first-order valence-corrected chi connectivity index (χ1v) is 6.92. The molecule has 1 N–H and O–H groups in total. The van der Waals surface area contributed by atoms with E-state index in [1.165, 1.54) is 17.4 Å². The van der Waals surface area contributed by atoms with E-state index in [0.29, 0.717) is 5.56 Å². The van der Waals surface area contributed by atoms with Crippen molar-refractivity contribution in [2.45, 2.75) is 11.8 Å². The molecule has 1 aromatic heterocycles. The second-order valence-electron chi connectivity index (χ2n) is 3.45. The van der Waals surface area contributed by atoms with Gasteiger partial charge in [0, 0.05) is 10.4 Å². The second kappa shape index (κ2) is 4.01. The van der Waals surface area contributed by atoms with Crippen LogP contribution in [0.25, 0.3) is 10.4 Å². The topological polar surface area (TPSA) is 54.4 Å². The molecule has 2 rings (SSSR count). The molecule has 0 atom stereocenters. The van der Waals surface area contributed by atoms with Crippen molar-refractivity contribution in [3.63, 3.8) is 0 Å². The molecular weight excluding hydrogens is 244 g/mol. The zero-order valence-electron chi connectivity index (χ0n) is 8.54. The largest absolute Gasteiger partial charge is 0.295 e. The predicted molar refractivity (Wildman–Crippen MR) is 64.3 cm³/mol. The van der Waals surface area contributed by atoms with Gasteiger partial charge in [-0.15, -0.1) is 11.3 Å². The third kappa shape index (κ3) is 2.16. The standard InChI is InChI=1S/C11H10O3S2/c1-8-4-5-11(16(12,13)14)9(7-8)10-3-2-6-15-10/h2-7H,1H3,(H,12,13,14). The Kier molecular flexibility index (Phi) is 2.84. The van der Waals surface area contributed by atoms with Gasteiger partial charge in [-0.3, -0.25) is 4.55 Å². The van der Waals surface area contributed by atoms with Crippen LogP contribution in [0.5, 0.6) is 0 Å². The quantitative estimate of drug-likeness (QED) is 0.838. The Morgan fingerprint density at radius 1 is 1.25 bits per heavy atom. The SMILES string of the molecule is Cc1ccc(S(=O)(=O)O)c(-c2cccs2)c1. The van der Waals surface area contributed by atoms with E-state index >= 15 is 0 Å². The molecule has 3 nitrogen and oxygen atoms in total. The van der Waals surface area contributed by atoms with E-state index in [-0.39, 0.29) is 4.90 Å². The molecule has 16 heavy (non-hydrogen) atoms. The van der Waals surface area contributed by atoms with Crippen molar-refractivity contribution in [2.24, 2.45) is 0 Å². The number of rotatable bonds is 2. The Bertz CT molecular complexity index is 598. The molecule has 0 fully saturated rings. The number of hydrogen-bond acceptors (Lipinski definition) is 3. The molecule has 0 unspecified atom stereocenters. The Morgan fingerprint density at radius 2 is 2.00 bits per heavy atom. The molecule has 0 spiro atoms. The van der Waals surface area contributed by atoms with Crippen molar-refractivity contribution in [1.82, 2.24) is 0 Å². The maximum Gasteiger partial charge on any atom is 0.295 e. The summed E-state index contributed by atoms with van der Waals surface area (Å²) >= 11 is 1.44. The summed E-state index contributed by atoms with van der Waals surface area (Å²) in [6, 6.07) is 8.53. The number of thiophene rings is 1. The zero-order valence-corrected chi connectivity index (χ0v) is 10.2. The lowest BCUT2D eigenvalue weighted by atomic mass is 10.1. The first kappa shape index (κ1) is 11.3. The summed E-state index contributed by atoms with van der Waals surface area (Å²) in [5.74, 6) is 0. The van der Waals surface area contributed by atoms with Gasteiger partial charge in [-0.2, -0.15) is 8.42 Å². The van der Waals surface area contributed by atoms with Crippen molar-refractivity contribution < 1.29 is 13.0 Å². The van der Waals surface area contributed by atoms with Gasteiger partial charge in [-0.05, 0) is 30.5 Å². The summed E-state index contributed by atoms with van der Waals surface area (Å²) in [6.45, 7) is 1.88. The summed E-state index contributed by atoms with van der Waals surface area (Å²) in [5.41, 5.74) is 1.51. The van der Waals surface area contributed by atoms with Crippen LogP contribution in [-0.4, -0.2) is 13.0 Å². The summed E-state index contributed by atoms with van der Waals surface area (Å²) < 4.78 is 31.6. The monoisotopic (exact) mass is 254 g/mol. The van der Waals surface area contributed by atoms with Gasteiger partial charge in [0.15, 0.2) is 0 Å². The first-order valence-electron chi connectivity index (χ1n) is 4.60. The van der Waals surface area contributed by atoms with Gasteiger partial charge in [0.2, 0.25) is 0 Å². The third-order valence-corrected chi connectivity index (χ3v) is 4.01. The highest BCUT2D eigenvalue weighted by Gasteiger charge is 2.16. The number of benzene rings is 1. The Balaban J connectivity index is 2.73. The van der Waals surface area contributed by atoms with Gasteiger partial charge in [0.1, 0.15) is 4.90 Å². The number of aryl methyl sites for hydroxylation is 1. The zero-order chi connectivity index (χ0) is 11.8. The normalized spacial score (nSPS) is 11.6. The summed E-state index contributed by atoms with van der Waals surface area (Å²) in [6.07, 6.45) is 0. The van der Waals surface area contributed by atoms with Gasteiger partial charge in [-0.1, -0.05) is 17.7 Å². The molecule has 0 aliphatic rings. The minimum atomic E-state index is -4.17. The third-order valence-electron chi connectivity index (χ3n) is 2.20. The van der Waals surface area contributed by atoms with E-state index in [1.807, 2.05) is 24.4 Å². The molecule has 0 radical (unpaired) electrons. The van der Waals surface area contributed by atoms with E-state index < -0.39 is 10.1 Å².